The number of carbonyl (C=O) groups excluding carboxylic acids is 1. The molecule has 1 amide bonds. The van der Waals surface area contributed by atoms with Crippen molar-refractivity contribution >= 4 is 17.7 Å². The van der Waals surface area contributed by atoms with Crippen LogP contribution in [0.4, 0.5) is 0 Å². The van der Waals surface area contributed by atoms with Crippen molar-refractivity contribution in [3.05, 3.63) is 66.2 Å². The number of para-hydroxylation sites is 1. The molecule has 2 aromatic carbocycles. The third-order valence-corrected chi connectivity index (χ3v) is 4.61. The zero-order valence-corrected chi connectivity index (χ0v) is 14.2. The first-order valence-electron chi connectivity index (χ1n) is 7.43. The Balaban J connectivity index is 1.95. The van der Waals surface area contributed by atoms with Crippen LogP contribution in [0.2, 0.25) is 0 Å². The van der Waals surface area contributed by atoms with Gasteiger partial charge in [0.25, 0.3) is 0 Å². The Labute approximate surface area is 144 Å². The van der Waals surface area contributed by atoms with E-state index >= 15 is 0 Å². The summed E-state index contributed by atoms with van der Waals surface area (Å²) in [6, 6.07) is 19.3. The fourth-order valence-corrected chi connectivity index (χ4v) is 3.35. The highest BCUT2D eigenvalue weighted by atomic mass is 32.2. The average molecular weight is 339 g/mol. The molecule has 1 heterocycles. The molecule has 0 saturated carbocycles. The number of amides is 1. The van der Waals surface area contributed by atoms with E-state index in [0.29, 0.717) is 5.16 Å². The van der Waals surface area contributed by atoms with Crippen molar-refractivity contribution in [2.75, 3.05) is 14.1 Å². The molecule has 24 heavy (non-hydrogen) atoms. The number of aromatic nitrogens is 4. The number of tetrazole rings is 1. The molecular formula is C17H17N5OS. The van der Waals surface area contributed by atoms with Gasteiger partial charge in [-0.2, -0.15) is 4.68 Å². The van der Waals surface area contributed by atoms with Gasteiger partial charge in [0.05, 0.1) is 5.69 Å². The summed E-state index contributed by atoms with van der Waals surface area (Å²) < 4.78 is 1.64. The fraction of sp³-hybridized carbons (Fsp3) is 0.176. The van der Waals surface area contributed by atoms with Crippen molar-refractivity contribution in [3.63, 3.8) is 0 Å². The summed E-state index contributed by atoms with van der Waals surface area (Å²) in [5, 5.41) is 12.1. The van der Waals surface area contributed by atoms with E-state index in [0.717, 1.165) is 11.3 Å². The molecule has 6 nitrogen and oxygen atoms in total. The first kappa shape index (κ1) is 16.2. The summed E-state index contributed by atoms with van der Waals surface area (Å²) in [5.41, 5.74) is 1.78. The molecule has 1 atom stereocenters. The molecule has 0 N–H and O–H groups in total. The largest absolute Gasteiger partial charge is 0.348 e. The molecule has 0 aliphatic rings. The van der Waals surface area contributed by atoms with Crippen LogP contribution in [0.15, 0.2) is 65.8 Å². The van der Waals surface area contributed by atoms with Gasteiger partial charge < -0.3 is 4.90 Å². The van der Waals surface area contributed by atoms with Gasteiger partial charge in [0.15, 0.2) is 0 Å². The zero-order chi connectivity index (χ0) is 16.9. The smallest absolute Gasteiger partial charge is 0.240 e. The highest BCUT2D eigenvalue weighted by Crippen LogP contribution is 2.35. The molecule has 0 aliphatic carbocycles. The molecule has 0 aliphatic heterocycles. The summed E-state index contributed by atoms with van der Waals surface area (Å²) in [4.78, 5) is 14.2. The lowest BCUT2D eigenvalue weighted by Gasteiger charge is -2.20. The van der Waals surface area contributed by atoms with E-state index < -0.39 is 5.25 Å². The first-order chi connectivity index (χ1) is 11.7. The highest BCUT2D eigenvalue weighted by Gasteiger charge is 2.26. The van der Waals surface area contributed by atoms with Crippen molar-refractivity contribution in [1.29, 1.82) is 0 Å². The summed E-state index contributed by atoms with van der Waals surface area (Å²) in [6.45, 7) is 0. The molecule has 3 rings (SSSR count). The van der Waals surface area contributed by atoms with Gasteiger partial charge in [-0.3, -0.25) is 4.79 Å². The normalized spacial score (nSPS) is 11.9. The summed E-state index contributed by atoms with van der Waals surface area (Å²) in [6.07, 6.45) is 0. The van der Waals surface area contributed by atoms with Crippen LogP contribution in [-0.2, 0) is 4.79 Å². The van der Waals surface area contributed by atoms with Gasteiger partial charge in [0.1, 0.15) is 5.25 Å². The number of thioether (sulfide) groups is 1. The van der Waals surface area contributed by atoms with Crippen molar-refractivity contribution in [2.45, 2.75) is 10.4 Å². The minimum absolute atomic E-state index is 0.00573. The molecule has 0 saturated heterocycles. The van der Waals surface area contributed by atoms with Gasteiger partial charge in [-0.1, -0.05) is 60.3 Å². The molecule has 0 radical (unpaired) electrons. The maximum Gasteiger partial charge on any atom is 0.240 e. The first-order valence-corrected chi connectivity index (χ1v) is 8.31. The molecule has 3 aromatic rings. The van der Waals surface area contributed by atoms with Gasteiger partial charge >= 0.3 is 0 Å². The van der Waals surface area contributed by atoms with Crippen molar-refractivity contribution in [3.8, 4) is 5.69 Å². The van der Waals surface area contributed by atoms with Crippen LogP contribution in [0.5, 0.6) is 0 Å². The van der Waals surface area contributed by atoms with E-state index in [2.05, 4.69) is 15.5 Å². The standard InChI is InChI=1S/C17H17N5OS/c1-21(2)16(23)15(13-9-5-3-6-10-13)24-17-18-19-20-22(17)14-11-7-4-8-12-14/h3-12,15H,1-2H3/t15-/m1/s1. The number of hydrogen-bond acceptors (Lipinski definition) is 5. The minimum atomic E-state index is -0.408. The van der Waals surface area contributed by atoms with Crippen LogP contribution in [0.3, 0.4) is 0 Å². The maximum atomic E-state index is 12.6. The number of hydrogen-bond donors (Lipinski definition) is 0. The molecule has 0 fully saturated rings. The van der Waals surface area contributed by atoms with Gasteiger partial charge in [-0.05, 0) is 28.1 Å². The lowest BCUT2D eigenvalue weighted by molar-refractivity contribution is -0.128. The van der Waals surface area contributed by atoms with Crippen molar-refractivity contribution < 1.29 is 4.79 Å². The van der Waals surface area contributed by atoms with E-state index in [4.69, 9.17) is 0 Å². The average Bonchev–Trinajstić information content (AvgIpc) is 3.09. The second-order valence-corrected chi connectivity index (χ2v) is 6.42. The Morgan fingerprint density at radius 3 is 2.29 bits per heavy atom. The van der Waals surface area contributed by atoms with Gasteiger partial charge in [-0.25, -0.2) is 0 Å². The molecule has 7 heteroatoms. The molecule has 0 spiro atoms. The Morgan fingerprint density at radius 1 is 1.04 bits per heavy atom. The van der Waals surface area contributed by atoms with Crippen molar-refractivity contribution in [1.82, 2.24) is 25.1 Å². The summed E-state index contributed by atoms with van der Waals surface area (Å²) in [7, 11) is 3.50. The maximum absolute atomic E-state index is 12.6. The molecule has 0 bridgehead atoms. The quantitative estimate of drug-likeness (QED) is 0.669. The lowest BCUT2D eigenvalue weighted by atomic mass is 10.1. The fourth-order valence-electron chi connectivity index (χ4n) is 2.21. The zero-order valence-electron chi connectivity index (χ0n) is 13.4. The predicted molar refractivity (Wildman–Crippen MR) is 92.9 cm³/mol. The number of carbonyl (C=O) groups is 1. The molecular weight excluding hydrogens is 322 g/mol. The van der Waals surface area contributed by atoms with Crippen LogP contribution in [0.25, 0.3) is 5.69 Å². The summed E-state index contributed by atoms with van der Waals surface area (Å²) in [5.74, 6) is -0.00573. The number of rotatable bonds is 5. The second-order valence-electron chi connectivity index (χ2n) is 5.35. The third kappa shape index (κ3) is 3.46. The molecule has 0 unspecified atom stereocenters. The Kier molecular flexibility index (Phi) is 4.90. The summed E-state index contributed by atoms with van der Waals surface area (Å²) >= 11 is 1.34. The number of likely N-dealkylation sites (N-methyl/N-ethyl adjacent to an activating group) is 1. The second kappa shape index (κ2) is 7.27. The van der Waals surface area contributed by atoms with Gasteiger partial charge in [-0.15, -0.1) is 5.10 Å². The Hall–Kier alpha value is -2.67. The van der Waals surface area contributed by atoms with Gasteiger partial charge in [0.2, 0.25) is 11.1 Å². The van der Waals surface area contributed by atoms with E-state index in [1.165, 1.54) is 11.8 Å². The predicted octanol–water partition coefficient (Wildman–Crippen LogP) is 2.58. The van der Waals surface area contributed by atoms with Crippen LogP contribution < -0.4 is 0 Å². The highest BCUT2D eigenvalue weighted by molar-refractivity contribution is 8.00. The van der Waals surface area contributed by atoms with E-state index in [1.54, 1.807) is 23.7 Å². The third-order valence-electron chi connectivity index (χ3n) is 3.43. The number of nitrogens with zero attached hydrogens (tertiary/aromatic N) is 5. The van der Waals surface area contributed by atoms with Crippen LogP contribution in [0.1, 0.15) is 10.8 Å². The monoisotopic (exact) mass is 339 g/mol. The Bertz CT molecular complexity index is 804. The topological polar surface area (TPSA) is 63.9 Å². The molecule has 1 aromatic heterocycles. The lowest BCUT2D eigenvalue weighted by Crippen LogP contribution is -2.27. The SMILES string of the molecule is CN(C)C(=O)[C@H](Sc1nnnn1-c1ccccc1)c1ccccc1. The number of benzene rings is 2. The van der Waals surface area contributed by atoms with Gasteiger partial charge in [0, 0.05) is 14.1 Å². The minimum Gasteiger partial charge on any atom is -0.348 e. The van der Waals surface area contributed by atoms with Crippen LogP contribution in [-0.4, -0.2) is 45.1 Å². The van der Waals surface area contributed by atoms with Crippen LogP contribution in [0, 0.1) is 0 Å². The molecule has 122 valence electrons. The van der Waals surface area contributed by atoms with E-state index in [9.17, 15) is 4.79 Å². The van der Waals surface area contributed by atoms with Crippen molar-refractivity contribution in [2.24, 2.45) is 0 Å². The van der Waals surface area contributed by atoms with E-state index in [1.807, 2.05) is 60.7 Å². The van der Waals surface area contributed by atoms with E-state index in [-0.39, 0.29) is 5.91 Å². The van der Waals surface area contributed by atoms with Crippen LogP contribution >= 0.6 is 11.8 Å². The Morgan fingerprint density at radius 2 is 1.67 bits per heavy atom.